The Bertz CT molecular complexity index is 787. The van der Waals surface area contributed by atoms with Crippen molar-refractivity contribution in [3.8, 4) is 11.8 Å². The summed E-state index contributed by atoms with van der Waals surface area (Å²) in [4.78, 5) is 0. The fraction of sp³-hybridized carbons (Fsp3) is 0.0435. The number of ether oxygens (including phenoxy) is 1. The van der Waals surface area contributed by atoms with Gasteiger partial charge in [0, 0.05) is 30.0 Å². The molecule has 0 aliphatic rings. The topological polar surface area (TPSA) is 109 Å². The minimum Gasteiger partial charge on any atom is 0 e. The van der Waals surface area contributed by atoms with Crippen molar-refractivity contribution in [3.05, 3.63) is 111 Å². The first-order valence-corrected chi connectivity index (χ1v) is 7.03. The molecule has 0 amide bonds. The van der Waals surface area contributed by atoms with Crippen molar-refractivity contribution in [2.45, 2.75) is 0 Å². The molecule has 2 rings (SSSR count). The molecule has 2 aromatic rings. The smallest absolute Gasteiger partial charge is 0 e. The summed E-state index contributed by atoms with van der Waals surface area (Å²) < 4.78 is 42.2. The SMILES string of the molecule is CO[C]C#Cc1ccccc1/C=C/c1ccccc1.[C-]#[O+].[C-]#[O+].[C-]#[O+].[C-]#[O+].[C-]#[O+].[Cr]. The van der Waals surface area contributed by atoms with Crippen LogP contribution in [-0.2, 0) is 45.4 Å². The third kappa shape index (κ3) is 21.2. The molecule has 0 fully saturated rings. The number of methoxy groups -OCH3 is 1. The Hall–Kier alpha value is -3.07. The van der Waals surface area contributed by atoms with E-state index < -0.39 is 0 Å². The van der Waals surface area contributed by atoms with E-state index in [0.29, 0.717) is 0 Å². The van der Waals surface area contributed by atoms with Crippen LogP contribution in [0.15, 0.2) is 54.6 Å². The number of hydrogen-bond donors (Lipinski definition) is 0. The van der Waals surface area contributed by atoms with Crippen molar-refractivity contribution in [3.63, 3.8) is 0 Å². The van der Waals surface area contributed by atoms with E-state index in [4.69, 9.17) is 28.0 Å². The minimum atomic E-state index is 0. The third-order valence-electron chi connectivity index (χ3n) is 2.57. The van der Waals surface area contributed by atoms with Gasteiger partial charge in [0.2, 0.25) is 6.61 Å². The molecule has 0 N–H and O–H groups in total. The van der Waals surface area contributed by atoms with Crippen molar-refractivity contribution in [1.82, 2.24) is 0 Å². The summed E-state index contributed by atoms with van der Waals surface area (Å²) in [6.07, 6.45) is 4.14. The van der Waals surface area contributed by atoms with E-state index in [1.54, 1.807) is 0 Å². The van der Waals surface area contributed by atoms with Gasteiger partial charge in [0.15, 0.2) is 0 Å². The molecule has 0 saturated heterocycles. The number of hydrogen-bond acceptors (Lipinski definition) is 1. The normalized spacial score (nSPS) is 6.77. The Morgan fingerprint density at radius 1 is 0.700 bits per heavy atom. The molecule has 0 aliphatic carbocycles. The maximum absolute atomic E-state index is 7.50. The Balaban J connectivity index is -0.000000166. The van der Waals surface area contributed by atoms with Crippen LogP contribution < -0.4 is 0 Å². The van der Waals surface area contributed by atoms with Gasteiger partial charge in [-0.15, -0.1) is 0 Å². The summed E-state index contributed by atoms with van der Waals surface area (Å²) in [6.45, 7) is 25.0. The van der Waals surface area contributed by atoms with Crippen LogP contribution in [0.25, 0.3) is 12.2 Å². The molecule has 6 nitrogen and oxygen atoms in total. The molecule has 148 valence electrons. The Labute approximate surface area is 187 Å². The quantitative estimate of drug-likeness (QED) is 0.310. The van der Waals surface area contributed by atoms with E-state index in [-0.39, 0.29) is 17.4 Å². The van der Waals surface area contributed by atoms with Crippen LogP contribution in [-0.4, -0.2) is 7.11 Å². The van der Waals surface area contributed by atoms with Gasteiger partial charge < -0.3 is 4.74 Å². The Kier molecular flexibility index (Phi) is 46.2. The first-order valence-electron chi connectivity index (χ1n) is 7.03. The molecule has 7 heteroatoms. The van der Waals surface area contributed by atoms with Gasteiger partial charge in [-0.2, -0.15) is 0 Å². The van der Waals surface area contributed by atoms with Gasteiger partial charge in [0.1, 0.15) is 0 Å². The zero-order valence-corrected chi connectivity index (χ0v) is 17.0. The van der Waals surface area contributed by atoms with Gasteiger partial charge in [0.05, 0.1) is 0 Å². The van der Waals surface area contributed by atoms with Gasteiger partial charge in [-0.3, -0.25) is 0 Å². The van der Waals surface area contributed by atoms with Crippen LogP contribution in [0.4, 0.5) is 0 Å². The summed E-state index contributed by atoms with van der Waals surface area (Å²) in [6, 6.07) is 18.2. The largest absolute Gasteiger partial charge is 0 e. The van der Waals surface area contributed by atoms with Crippen LogP contribution in [0, 0.1) is 51.7 Å². The summed E-state index contributed by atoms with van der Waals surface area (Å²) in [5.74, 6) is 5.75. The second kappa shape index (κ2) is 36.8. The van der Waals surface area contributed by atoms with Crippen LogP contribution >= 0.6 is 0 Å². The molecule has 0 unspecified atom stereocenters. The maximum Gasteiger partial charge on any atom is 0 e. The third-order valence-corrected chi connectivity index (χ3v) is 2.57. The van der Waals surface area contributed by atoms with Crippen molar-refractivity contribution in [2.75, 3.05) is 7.11 Å². The molecule has 0 heterocycles. The second-order valence-electron chi connectivity index (χ2n) is 3.89. The molecule has 2 aromatic carbocycles. The van der Waals surface area contributed by atoms with Gasteiger partial charge in [-0.05, 0) is 17.2 Å². The molecule has 0 saturated carbocycles. The summed E-state index contributed by atoms with van der Waals surface area (Å²) in [5, 5.41) is 0. The maximum atomic E-state index is 7.50. The average Bonchev–Trinajstić information content (AvgIpc) is 2.85. The molecule has 0 aromatic heterocycles. The van der Waals surface area contributed by atoms with Gasteiger partial charge in [-0.1, -0.05) is 72.5 Å². The van der Waals surface area contributed by atoms with E-state index in [0.717, 1.165) is 11.1 Å². The predicted octanol–water partition coefficient (Wildman–Crippen LogP) is 3.70. The number of rotatable bonds is 3. The van der Waals surface area contributed by atoms with Crippen LogP contribution in [0.5, 0.6) is 0 Å². The van der Waals surface area contributed by atoms with Gasteiger partial charge in [0.25, 0.3) is 0 Å². The molecule has 0 atom stereocenters. The van der Waals surface area contributed by atoms with E-state index in [1.165, 1.54) is 12.7 Å². The molecule has 0 bridgehead atoms. The minimum absolute atomic E-state index is 0. The molecule has 0 aliphatic heterocycles. The van der Waals surface area contributed by atoms with Gasteiger partial charge in [-0.25, -0.2) is 0 Å². The average molecular weight is 438 g/mol. The summed E-state index contributed by atoms with van der Waals surface area (Å²) in [5.41, 5.74) is 3.20. The van der Waals surface area contributed by atoms with Crippen LogP contribution in [0.2, 0.25) is 0 Å². The second-order valence-corrected chi connectivity index (χ2v) is 3.89. The Morgan fingerprint density at radius 2 is 1.17 bits per heavy atom. The monoisotopic (exact) mass is 438 g/mol. The zero-order chi connectivity index (χ0) is 23.3. The van der Waals surface area contributed by atoms with Crippen LogP contribution in [0.3, 0.4) is 0 Å². The molecule has 0 spiro atoms. The fourth-order valence-corrected chi connectivity index (χ4v) is 1.65. The van der Waals surface area contributed by atoms with Gasteiger partial charge >= 0.3 is 56.5 Å². The van der Waals surface area contributed by atoms with E-state index in [2.05, 4.69) is 76.0 Å². The predicted molar refractivity (Wildman–Crippen MR) is 98.6 cm³/mol. The zero-order valence-electron chi connectivity index (χ0n) is 15.7. The summed E-state index contributed by atoms with van der Waals surface area (Å²) in [7, 11) is 1.54. The standard InChI is InChI=1S/C18H14O.5CO.Cr/c1-19-15-7-12-17-10-5-6-11-18(17)14-13-16-8-3-2-4-9-16;5*1-2;/h2-6,8-11,13-14H,1H3;;;;;;/b14-13+;;;;;;. The molecule has 30 heavy (non-hydrogen) atoms. The van der Waals surface area contributed by atoms with Crippen molar-refractivity contribution in [2.24, 2.45) is 0 Å². The van der Waals surface area contributed by atoms with Crippen LogP contribution in [0.1, 0.15) is 16.7 Å². The summed E-state index contributed by atoms with van der Waals surface area (Å²) >= 11 is 0. The van der Waals surface area contributed by atoms with Crippen molar-refractivity contribution < 1.29 is 45.4 Å². The first-order chi connectivity index (χ1) is 14.4. The Morgan fingerprint density at radius 3 is 1.67 bits per heavy atom. The van der Waals surface area contributed by atoms with E-state index in [1.807, 2.05) is 42.5 Å². The van der Waals surface area contributed by atoms with E-state index in [9.17, 15) is 0 Å². The molecular weight excluding hydrogens is 424 g/mol. The number of benzene rings is 2. The fourth-order valence-electron chi connectivity index (χ4n) is 1.65. The van der Waals surface area contributed by atoms with E-state index >= 15 is 0 Å². The first kappa shape index (κ1) is 37.7. The molecular formula is C23H14CrO6. The van der Waals surface area contributed by atoms with Crippen molar-refractivity contribution in [1.29, 1.82) is 0 Å². The van der Waals surface area contributed by atoms with Crippen molar-refractivity contribution >= 4 is 12.2 Å². The molecule has 2 radical (unpaired) electrons.